The summed E-state index contributed by atoms with van der Waals surface area (Å²) < 4.78 is 5.05. The van der Waals surface area contributed by atoms with E-state index in [2.05, 4.69) is 11.9 Å². The van der Waals surface area contributed by atoms with Crippen LogP contribution in [0.15, 0.2) is 5.38 Å². The molecular weight excluding hydrogens is 198 g/mol. The summed E-state index contributed by atoms with van der Waals surface area (Å²) in [5.41, 5.74) is 0.981. The molecule has 0 aliphatic rings. The van der Waals surface area contributed by atoms with Crippen molar-refractivity contribution in [3.63, 3.8) is 0 Å². The summed E-state index contributed by atoms with van der Waals surface area (Å²) in [6.45, 7) is 4.30. The molecule has 0 saturated carbocycles. The van der Waals surface area contributed by atoms with Crippen LogP contribution in [-0.2, 0) is 16.1 Å². The van der Waals surface area contributed by atoms with E-state index in [9.17, 15) is 4.79 Å². The lowest BCUT2D eigenvalue weighted by Crippen LogP contribution is -2.03. The van der Waals surface area contributed by atoms with Crippen molar-refractivity contribution in [2.45, 2.75) is 39.7 Å². The van der Waals surface area contributed by atoms with Crippen molar-refractivity contribution >= 4 is 17.3 Å². The highest BCUT2D eigenvalue weighted by Crippen LogP contribution is 2.10. The van der Waals surface area contributed by atoms with Gasteiger partial charge in [-0.3, -0.25) is 4.79 Å². The van der Waals surface area contributed by atoms with E-state index in [0.717, 1.165) is 23.5 Å². The van der Waals surface area contributed by atoms with E-state index in [1.165, 1.54) is 11.3 Å². The minimum Gasteiger partial charge on any atom is -0.458 e. The van der Waals surface area contributed by atoms with Crippen LogP contribution in [-0.4, -0.2) is 11.0 Å². The fourth-order valence-corrected chi connectivity index (χ4v) is 1.69. The highest BCUT2D eigenvalue weighted by Gasteiger charge is 2.04. The molecule has 0 fully saturated rings. The van der Waals surface area contributed by atoms with E-state index < -0.39 is 0 Å². The molecule has 3 nitrogen and oxygen atoms in total. The molecule has 0 unspecified atom stereocenters. The van der Waals surface area contributed by atoms with Crippen LogP contribution >= 0.6 is 11.3 Å². The van der Waals surface area contributed by atoms with Gasteiger partial charge < -0.3 is 4.74 Å². The fraction of sp³-hybridized carbons (Fsp3) is 0.600. The van der Waals surface area contributed by atoms with Crippen LogP contribution in [0, 0.1) is 6.92 Å². The molecule has 0 spiro atoms. The van der Waals surface area contributed by atoms with Crippen LogP contribution in [0.1, 0.15) is 36.9 Å². The predicted octanol–water partition coefficient (Wildman–Crippen LogP) is 2.68. The lowest BCUT2D eigenvalue weighted by Gasteiger charge is -2.00. The van der Waals surface area contributed by atoms with Gasteiger partial charge in [0.1, 0.15) is 11.6 Å². The van der Waals surface area contributed by atoms with Crippen LogP contribution in [0.5, 0.6) is 0 Å². The first-order valence-electron chi connectivity index (χ1n) is 4.79. The molecule has 0 bridgehead atoms. The van der Waals surface area contributed by atoms with E-state index >= 15 is 0 Å². The Bertz CT molecular complexity index is 296. The maximum absolute atomic E-state index is 11.1. The maximum Gasteiger partial charge on any atom is 0.306 e. The Labute approximate surface area is 88.1 Å². The van der Waals surface area contributed by atoms with Crippen molar-refractivity contribution in [1.29, 1.82) is 0 Å². The number of carbonyl (C=O) groups excluding carboxylic acids is 1. The number of hydrogen-bond acceptors (Lipinski definition) is 4. The summed E-state index contributed by atoms with van der Waals surface area (Å²) in [7, 11) is 0. The highest BCUT2D eigenvalue weighted by molar-refractivity contribution is 7.09. The largest absolute Gasteiger partial charge is 0.458 e. The second-order valence-electron chi connectivity index (χ2n) is 3.15. The summed E-state index contributed by atoms with van der Waals surface area (Å²) in [6.07, 6.45) is 2.43. The Morgan fingerprint density at radius 3 is 3.00 bits per heavy atom. The van der Waals surface area contributed by atoms with Crippen LogP contribution in [0.2, 0.25) is 0 Å². The number of thiazole rings is 1. The van der Waals surface area contributed by atoms with E-state index in [4.69, 9.17) is 4.74 Å². The van der Waals surface area contributed by atoms with E-state index in [-0.39, 0.29) is 5.97 Å². The molecule has 0 N–H and O–H groups in total. The lowest BCUT2D eigenvalue weighted by molar-refractivity contribution is -0.145. The van der Waals surface area contributed by atoms with Crippen LogP contribution < -0.4 is 0 Å². The number of unbranched alkanes of at least 4 members (excludes halogenated alkanes) is 1. The van der Waals surface area contributed by atoms with E-state index in [1.807, 2.05) is 12.3 Å². The first kappa shape index (κ1) is 11.2. The summed E-state index contributed by atoms with van der Waals surface area (Å²) >= 11 is 1.53. The number of aromatic nitrogens is 1. The van der Waals surface area contributed by atoms with Gasteiger partial charge >= 0.3 is 5.97 Å². The van der Waals surface area contributed by atoms with Crippen molar-refractivity contribution < 1.29 is 9.53 Å². The molecule has 1 aromatic rings. The minimum absolute atomic E-state index is 0.125. The standard InChI is InChI=1S/C10H15NO2S/c1-3-4-5-10(12)13-6-9-11-8(2)7-14-9/h7H,3-6H2,1-2H3. The van der Waals surface area contributed by atoms with Gasteiger partial charge in [0.15, 0.2) is 0 Å². The molecule has 0 aliphatic carbocycles. The summed E-state index contributed by atoms with van der Waals surface area (Å²) in [5, 5.41) is 2.82. The topological polar surface area (TPSA) is 39.2 Å². The smallest absolute Gasteiger partial charge is 0.306 e. The zero-order valence-corrected chi connectivity index (χ0v) is 9.39. The van der Waals surface area contributed by atoms with Gasteiger partial charge in [-0.1, -0.05) is 13.3 Å². The van der Waals surface area contributed by atoms with Crippen molar-refractivity contribution in [3.8, 4) is 0 Å². The van der Waals surface area contributed by atoms with Gasteiger partial charge in [-0.15, -0.1) is 11.3 Å². The Kier molecular flexibility index (Phi) is 4.59. The zero-order chi connectivity index (χ0) is 10.4. The van der Waals surface area contributed by atoms with Gasteiger partial charge in [-0.2, -0.15) is 0 Å². The first-order valence-corrected chi connectivity index (χ1v) is 5.67. The lowest BCUT2D eigenvalue weighted by atomic mass is 10.2. The third kappa shape index (κ3) is 3.87. The van der Waals surface area contributed by atoms with Crippen LogP contribution in [0.25, 0.3) is 0 Å². The molecule has 1 aromatic heterocycles. The van der Waals surface area contributed by atoms with Crippen molar-refractivity contribution in [2.24, 2.45) is 0 Å². The fourth-order valence-electron chi connectivity index (χ4n) is 1.00. The van der Waals surface area contributed by atoms with Gasteiger partial charge in [-0.05, 0) is 13.3 Å². The van der Waals surface area contributed by atoms with E-state index in [0.29, 0.717) is 13.0 Å². The van der Waals surface area contributed by atoms with E-state index in [1.54, 1.807) is 0 Å². The number of ether oxygens (including phenoxy) is 1. The molecule has 0 amide bonds. The predicted molar refractivity (Wildman–Crippen MR) is 56.2 cm³/mol. The molecule has 0 radical (unpaired) electrons. The molecule has 0 atom stereocenters. The van der Waals surface area contributed by atoms with Gasteiger partial charge in [0.2, 0.25) is 0 Å². The average Bonchev–Trinajstić information content (AvgIpc) is 2.58. The number of esters is 1. The molecule has 78 valence electrons. The number of rotatable bonds is 5. The number of hydrogen-bond donors (Lipinski definition) is 0. The van der Waals surface area contributed by atoms with Crippen LogP contribution in [0.4, 0.5) is 0 Å². The second-order valence-corrected chi connectivity index (χ2v) is 4.09. The Morgan fingerprint density at radius 1 is 1.64 bits per heavy atom. The molecule has 0 aliphatic heterocycles. The van der Waals surface area contributed by atoms with Crippen molar-refractivity contribution in [3.05, 3.63) is 16.1 Å². The molecular formula is C10H15NO2S. The van der Waals surface area contributed by atoms with Gasteiger partial charge in [0, 0.05) is 17.5 Å². The number of carbonyl (C=O) groups is 1. The second kappa shape index (κ2) is 5.75. The Balaban J connectivity index is 2.23. The van der Waals surface area contributed by atoms with Crippen LogP contribution in [0.3, 0.4) is 0 Å². The highest BCUT2D eigenvalue weighted by atomic mass is 32.1. The molecule has 0 saturated heterocycles. The van der Waals surface area contributed by atoms with Crippen molar-refractivity contribution in [1.82, 2.24) is 4.98 Å². The van der Waals surface area contributed by atoms with Crippen molar-refractivity contribution in [2.75, 3.05) is 0 Å². The normalized spacial score (nSPS) is 10.1. The molecule has 14 heavy (non-hydrogen) atoms. The SMILES string of the molecule is CCCCC(=O)OCc1nc(C)cs1. The Morgan fingerprint density at radius 2 is 2.43 bits per heavy atom. The maximum atomic E-state index is 11.1. The monoisotopic (exact) mass is 213 g/mol. The third-order valence-corrected chi connectivity index (χ3v) is 2.70. The zero-order valence-electron chi connectivity index (χ0n) is 8.58. The summed E-state index contributed by atoms with van der Waals surface area (Å²) in [6, 6.07) is 0. The molecule has 1 heterocycles. The Hall–Kier alpha value is -0.900. The summed E-state index contributed by atoms with van der Waals surface area (Å²) in [5.74, 6) is -0.125. The third-order valence-electron chi connectivity index (χ3n) is 1.76. The summed E-state index contributed by atoms with van der Waals surface area (Å²) in [4.78, 5) is 15.3. The van der Waals surface area contributed by atoms with Gasteiger partial charge in [0.25, 0.3) is 0 Å². The molecule has 1 rings (SSSR count). The quantitative estimate of drug-likeness (QED) is 0.706. The molecule has 0 aromatic carbocycles. The molecule has 4 heteroatoms. The number of nitrogens with zero attached hydrogens (tertiary/aromatic N) is 1. The van der Waals surface area contributed by atoms with Gasteiger partial charge in [0.05, 0.1) is 0 Å². The van der Waals surface area contributed by atoms with Gasteiger partial charge in [-0.25, -0.2) is 4.98 Å². The first-order chi connectivity index (χ1) is 6.72. The minimum atomic E-state index is -0.125. The average molecular weight is 213 g/mol. The number of aryl methyl sites for hydroxylation is 1.